The van der Waals surface area contributed by atoms with Crippen molar-refractivity contribution < 1.29 is 9.53 Å². The smallest absolute Gasteiger partial charge is 0.302 e. The number of nitriles is 1. The van der Waals surface area contributed by atoms with Crippen LogP contribution in [0.25, 0.3) is 0 Å². The Kier molecular flexibility index (Phi) is 6.08. The van der Waals surface area contributed by atoms with Crippen molar-refractivity contribution >= 4 is 5.97 Å². The highest BCUT2D eigenvalue weighted by atomic mass is 16.5. The lowest BCUT2D eigenvalue weighted by Gasteiger charge is -2.07. The van der Waals surface area contributed by atoms with E-state index in [1.54, 1.807) is 0 Å². The van der Waals surface area contributed by atoms with E-state index in [4.69, 9.17) is 10.00 Å². The van der Waals surface area contributed by atoms with Gasteiger partial charge in [-0.1, -0.05) is 6.92 Å². The molecule has 1 atom stereocenters. The van der Waals surface area contributed by atoms with E-state index < -0.39 is 0 Å². The Morgan fingerprint density at radius 2 is 2.25 bits per heavy atom. The van der Waals surface area contributed by atoms with Gasteiger partial charge in [0.15, 0.2) is 0 Å². The molecule has 0 amide bonds. The normalized spacial score (nSPS) is 11.8. The Balaban J connectivity index is 3.26. The topological polar surface area (TPSA) is 50.1 Å². The largest absolute Gasteiger partial charge is 0.466 e. The highest BCUT2D eigenvalue weighted by Crippen LogP contribution is 2.09. The van der Waals surface area contributed by atoms with Gasteiger partial charge in [-0.05, 0) is 18.8 Å². The monoisotopic (exact) mass is 169 g/mol. The van der Waals surface area contributed by atoms with Crippen molar-refractivity contribution in [2.75, 3.05) is 6.61 Å². The molecule has 0 aromatic heterocycles. The molecule has 0 aromatic rings. The molecule has 3 heteroatoms. The van der Waals surface area contributed by atoms with Crippen LogP contribution in [0.3, 0.4) is 0 Å². The number of esters is 1. The van der Waals surface area contributed by atoms with Gasteiger partial charge in [0.25, 0.3) is 0 Å². The highest BCUT2D eigenvalue weighted by molar-refractivity contribution is 5.65. The van der Waals surface area contributed by atoms with Gasteiger partial charge in [0, 0.05) is 13.3 Å². The molecule has 0 bridgehead atoms. The zero-order chi connectivity index (χ0) is 9.40. The van der Waals surface area contributed by atoms with E-state index in [0.29, 0.717) is 18.9 Å². The molecule has 0 heterocycles. The number of rotatable bonds is 5. The first-order valence-corrected chi connectivity index (χ1v) is 4.17. The van der Waals surface area contributed by atoms with Crippen molar-refractivity contribution in [2.24, 2.45) is 5.92 Å². The zero-order valence-corrected chi connectivity index (χ0v) is 7.67. The molecular formula is C9H15NO2. The summed E-state index contributed by atoms with van der Waals surface area (Å²) < 4.78 is 4.77. The molecule has 0 saturated carbocycles. The molecule has 0 spiro atoms. The summed E-state index contributed by atoms with van der Waals surface area (Å²) >= 11 is 0. The van der Waals surface area contributed by atoms with E-state index >= 15 is 0 Å². The molecule has 12 heavy (non-hydrogen) atoms. The maximum absolute atomic E-state index is 10.4. The molecule has 0 aliphatic heterocycles. The molecular weight excluding hydrogens is 154 g/mol. The maximum atomic E-state index is 10.4. The number of hydrogen-bond donors (Lipinski definition) is 0. The Morgan fingerprint density at radius 1 is 1.58 bits per heavy atom. The predicted octanol–water partition coefficient (Wildman–Crippen LogP) is 1.88. The average Bonchev–Trinajstić information content (AvgIpc) is 2.00. The Labute approximate surface area is 73.3 Å². The minimum atomic E-state index is -0.234. The average molecular weight is 169 g/mol. The molecule has 68 valence electrons. The number of ether oxygens (including phenoxy) is 1. The van der Waals surface area contributed by atoms with Crippen LogP contribution < -0.4 is 0 Å². The standard InChI is InChI=1S/C9H15NO2/c1-8(4-3-6-10)5-7-12-9(2)11/h8H,3-5,7H2,1-2H3/t8-/m0/s1. The van der Waals surface area contributed by atoms with Gasteiger partial charge in [-0.15, -0.1) is 0 Å². The molecule has 0 N–H and O–H groups in total. The number of carbonyl (C=O) groups is 1. The minimum Gasteiger partial charge on any atom is -0.466 e. The van der Waals surface area contributed by atoms with Crippen molar-refractivity contribution in [1.82, 2.24) is 0 Å². The first-order valence-electron chi connectivity index (χ1n) is 4.17. The molecule has 0 aliphatic rings. The highest BCUT2D eigenvalue weighted by Gasteiger charge is 2.02. The predicted molar refractivity (Wildman–Crippen MR) is 45.3 cm³/mol. The molecule has 3 nitrogen and oxygen atoms in total. The van der Waals surface area contributed by atoms with Gasteiger partial charge in [0.1, 0.15) is 0 Å². The lowest BCUT2D eigenvalue weighted by molar-refractivity contribution is -0.141. The van der Waals surface area contributed by atoms with Crippen LogP contribution in [0.4, 0.5) is 0 Å². The zero-order valence-electron chi connectivity index (χ0n) is 7.67. The summed E-state index contributed by atoms with van der Waals surface area (Å²) in [6.07, 6.45) is 2.32. The summed E-state index contributed by atoms with van der Waals surface area (Å²) in [4.78, 5) is 10.4. The van der Waals surface area contributed by atoms with E-state index in [-0.39, 0.29) is 5.97 Å². The summed E-state index contributed by atoms with van der Waals surface area (Å²) in [5.41, 5.74) is 0. The van der Waals surface area contributed by atoms with Crippen LogP contribution in [0.15, 0.2) is 0 Å². The molecule has 0 saturated heterocycles. The molecule has 0 fully saturated rings. The quantitative estimate of drug-likeness (QED) is 0.590. The third-order valence-corrected chi connectivity index (χ3v) is 1.66. The fraction of sp³-hybridized carbons (Fsp3) is 0.778. The van der Waals surface area contributed by atoms with Crippen LogP contribution in [0.2, 0.25) is 0 Å². The van der Waals surface area contributed by atoms with Crippen LogP contribution in [0, 0.1) is 17.2 Å². The van der Waals surface area contributed by atoms with Crippen LogP contribution >= 0.6 is 0 Å². The lowest BCUT2D eigenvalue weighted by atomic mass is 10.0. The lowest BCUT2D eigenvalue weighted by Crippen LogP contribution is -2.05. The van der Waals surface area contributed by atoms with Crippen molar-refractivity contribution in [3.8, 4) is 6.07 Å². The van der Waals surface area contributed by atoms with E-state index in [0.717, 1.165) is 12.8 Å². The summed E-state index contributed by atoms with van der Waals surface area (Å²) in [6, 6.07) is 2.09. The van der Waals surface area contributed by atoms with Gasteiger partial charge in [0.2, 0.25) is 0 Å². The molecule has 0 aliphatic carbocycles. The summed E-state index contributed by atoms with van der Waals surface area (Å²) in [7, 11) is 0. The molecule has 0 aromatic carbocycles. The van der Waals surface area contributed by atoms with Crippen LogP contribution in [-0.2, 0) is 9.53 Å². The second kappa shape index (κ2) is 6.66. The van der Waals surface area contributed by atoms with Gasteiger partial charge >= 0.3 is 5.97 Å². The SMILES string of the molecule is CC(=O)OCC[C@@H](C)CCC#N. The van der Waals surface area contributed by atoms with E-state index in [2.05, 4.69) is 13.0 Å². The van der Waals surface area contributed by atoms with Gasteiger partial charge in [0.05, 0.1) is 12.7 Å². The molecule has 0 radical (unpaired) electrons. The van der Waals surface area contributed by atoms with Crippen molar-refractivity contribution in [1.29, 1.82) is 5.26 Å². The van der Waals surface area contributed by atoms with Gasteiger partial charge in [-0.25, -0.2) is 0 Å². The van der Waals surface area contributed by atoms with Crippen molar-refractivity contribution in [2.45, 2.75) is 33.1 Å². The maximum Gasteiger partial charge on any atom is 0.302 e. The van der Waals surface area contributed by atoms with Crippen LogP contribution in [0.5, 0.6) is 0 Å². The Hall–Kier alpha value is -1.04. The summed E-state index contributed by atoms with van der Waals surface area (Å²) in [5, 5.41) is 8.29. The number of carbonyl (C=O) groups excluding carboxylic acids is 1. The van der Waals surface area contributed by atoms with Crippen LogP contribution in [-0.4, -0.2) is 12.6 Å². The summed E-state index contributed by atoms with van der Waals surface area (Å²) in [6.45, 7) is 3.93. The second-order valence-corrected chi connectivity index (χ2v) is 2.93. The number of nitrogens with zero attached hydrogens (tertiary/aromatic N) is 1. The Bertz CT molecular complexity index is 172. The van der Waals surface area contributed by atoms with Crippen molar-refractivity contribution in [3.05, 3.63) is 0 Å². The Morgan fingerprint density at radius 3 is 2.75 bits per heavy atom. The fourth-order valence-electron chi connectivity index (χ4n) is 0.859. The number of hydrogen-bond acceptors (Lipinski definition) is 3. The van der Waals surface area contributed by atoms with E-state index in [1.165, 1.54) is 6.92 Å². The van der Waals surface area contributed by atoms with Gasteiger partial charge in [-0.2, -0.15) is 5.26 Å². The third-order valence-electron chi connectivity index (χ3n) is 1.66. The fourth-order valence-corrected chi connectivity index (χ4v) is 0.859. The first-order chi connectivity index (χ1) is 5.66. The minimum absolute atomic E-state index is 0.234. The molecule has 0 rings (SSSR count). The van der Waals surface area contributed by atoms with Gasteiger partial charge < -0.3 is 4.74 Å². The third kappa shape index (κ3) is 7.07. The van der Waals surface area contributed by atoms with Crippen molar-refractivity contribution in [3.63, 3.8) is 0 Å². The van der Waals surface area contributed by atoms with Crippen LogP contribution in [0.1, 0.15) is 33.1 Å². The summed E-state index contributed by atoms with van der Waals surface area (Å²) in [5.74, 6) is 0.228. The second-order valence-electron chi connectivity index (χ2n) is 2.93. The molecule has 0 unspecified atom stereocenters. The van der Waals surface area contributed by atoms with Gasteiger partial charge in [-0.3, -0.25) is 4.79 Å². The van der Waals surface area contributed by atoms with E-state index in [9.17, 15) is 4.79 Å². The van der Waals surface area contributed by atoms with E-state index in [1.807, 2.05) is 0 Å². The first kappa shape index (κ1) is 11.0.